The Hall–Kier alpha value is -0.320. The summed E-state index contributed by atoms with van der Waals surface area (Å²) in [5, 5.41) is 3.42. The molecule has 1 aliphatic heterocycles. The first-order valence-corrected chi connectivity index (χ1v) is 7.08. The molecule has 4 nitrogen and oxygen atoms in total. The molecule has 0 aromatic heterocycles. The number of nitrogens with zero attached hydrogens (tertiary/aromatic N) is 1. The lowest BCUT2D eigenvalue weighted by Gasteiger charge is -2.29. The van der Waals surface area contributed by atoms with Crippen LogP contribution in [-0.2, 0) is 9.53 Å². The van der Waals surface area contributed by atoms with Crippen LogP contribution in [0.5, 0.6) is 0 Å². The molecule has 0 aliphatic carbocycles. The van der Waals surface area contributed by atoms with Gasteiger partial charge in [-0.1, -0.05) is 6.92 Å². The van der Waals surface area contributed by atoms with Gasteiger partial charge >= 0.3 is 0 Å². The van der Waals surface area contributed by atoms with Crippen LogP contribution in [0, 0.1) is 11.8 Å². The summed E-state index contributed by atoms with van der Waals surface area (Å²) < 4.78 is 5.00. The average Bonchev–Trinajstić information content (AvgIpc) is 2.39. The maximum Gasteiger partial charge on any atom is 0.222 e. The number of ether oxygens (including phenoxy) is 1. The van der Waals surface area contributed by atoms with E-state index in [-0.39, 0.29) is 18.3 Å². The molecule has 1 N–H and O–H groups in total. The minimum absolute atomic E-state index is 0. The number of rotatable bonds is 7. The molecular formula is C14H29ClN2O2. The summed E-state index contributed by atoms with van der Waals surface area (Å²) in [7, 11) is 3.59. The fourth-order valence-corrected chi connectivity index (χ4v) is 2.53. The summed E-state index contributed by atoms with van der Waals surface area (Å²) in [5.74, 6) is 1.41. The van der Waals surface area contributed by atoms with Crippen molar-refractivity contribution in [1.29, 1.82) is 0 Å². The van der Waals surface area contributed by atoms with Gasteiger partial charge in [-0.05, 0) is 44.2 Å². The SMILES string of the molecule is COCCCN(C)C(=O)CC(C)C1CCCNC1.Cl. The fourth-order valence-electron chi connectivity index (χ4n) is 2.53. The van der Waals surface area contributed by atoms with E-state index in [1.165, 1.54) is 12.8 Å². The van der Waals surface area contributed by atoms with Gasteiger partial charge in [0.05, 0.1) is 0 Å². The Morgan fingerprint density at radius 1 is 1.53 bits per heavy atom. The predicted octanol–water partition coefficient (Wildman–Crippen LogP) is 1.93. The first kappa shape index (κ1) is 18.7. The van der Waals surface area contributed by atoms with E-state index in [1.54, 1.807) is 7.11 Å². The Labute approximate surface area is 123 Å². The molecule has 1 fully saturated rings. The van der Waals surface area contributed by atoms with Gasteiger partial charge in [-0.15, -0.1) is 12.4 Å². The molecule has 0 bridgehead atoms. The van der Waals surface area contributed by atoms with Gasteiger partial charge in [0.25, 0.3) is 0 Å². The third kappa shape index (κ3) is 7.14. The third-order valence-electron chi connectivity index (χ3n) is 3.90. The lowest BCUT2D eigenvalue weighted by Crippen LogP contribution is -2.36. The third-order valence-corrected chi connectivity index (χ3v) is 3.90. The molecule has 1 aliphatic rings. The first-order chi connectivity index (χ1) is 8.65. The second-order valence-corrected chi connectivity index (χ2v) is 5.45. The molecule has 2 unspecified atom stereocenters. The summed E-state index contributed by atoms with van der Waals surface area (Å²) >= 11 is 0. The Bertz CT molecular complexity index is 246. The van der Waals surface area contributed by atoms with Crippen LogP contribution in [0.25, 0.3) is 0 Å². The molecule has 2 atom stereocenters. The van der Waals surface area contributed by atoms with Crippen molar-refractivity contribution in [3.63, 3.8) is 0 Å². The van der Waals surface area contributed by atoms with Gasteiger partial charge in [-0.25, -0.2) is 0 Å². The van der Waals surface area contributed by atoms with Gasteiger partial charge < -0.3 is 15.0 Å². The predicted molar refractivity (Wildman–Crippen MR) is 80.8 cm³/mol. The summed E-state index contributed by atoms with van der Waals surface area (Å²) in [6.45, 7) is 5.93. The summed E-state index contributed by atoms with van der Waals surface area (Å²) in [4.78, 5) is 13.9. The number of hydrogen-bond acceptors (Lipinski definition) is 3. The van der Waals surface area contributed by atoms with Crippen molar-refractivity contribution >= 4 is 18.3 Å². The zero-order valence-electron chi connectivity index (χ0n) is 12.5. The second kappa shape index (κ2) is 10.5. The molecule has 0 radical (unpaired) electrons. The molecule has 0 aromatic carbocycles. The molecule has 0 aromatic rings. The topological polar surface area (TPSA) is 41.6 Å². The lowest BCUT2D eigenvalue weighted by molar-refractivity contribution is -0.131. The van der Waals surface area contributed by atoms with Crippen molar-refractivity contribution in [2.45, 2.75) is 32.6 Å². The Kier molecular flexibility index (Phi) is 10.3. The van der Waals surface area contributed by atoms with E-state index in [0.717, 1.165) is 32.7 Å². The quantitative estimate of drug-likeness (QED) is 0.729. The molecule has 19 heavy (non-hydrogen) atoms. The molecule has 1 saturated heterocycles. The van der Waals surface area contributed by atoms with Gasteiger partial charge in [0.15, 0.2) is 0 Å². The van der Waals surface area contributed by atoms with E-state index >= 15 is 0 Å². The number of piperidine rings is 1. The van der Waals surface area contributed by atoms with Crippen molar-refractivity contribution < 1.29 is 9.53 Å². The molecule has 1 amide bonds. The van der Waals surface area contributed by atoms with Crippen LogP contribution >= 0.6 is 12.4 Å². The van der Waals surface area contributed by atoms with Crippen LogP contribution in [0.3, 0.4) is 0 Å². The molecule has 0 spiro atoms. The van der Waals surface area contributed by atoms with Gasteiger partial charge in [0.2, 0.25) is 5.91 Å². The summed E-state index contributed by atoms with van der Waals surface area (Å²) in [6, 6.07) is 0. The van der Waals surface area contributed by atoms with Gasteiger partial charge in [-0.2, -0.15) is 0 Å². The molecule has 1 rings (SSSR count). The van der Waals surface area contributed by atoms with Crippen molar-refractivity contribution in [2.24, 2.45) is 11.8 Å². The van der Waals surface area contributed by atoms with Crippen LogP contribution in [0.1, 0.15) is 32.6 Å². The Balaban J connectivity index is 0.00000324. The highest BCUT2D eigenvalue weighted by Gasteiger charge is 2.23. The number of methoxy groups -OCH3 is 1. The summed E-state index contributed by atoms with van der Waals surface area (Å²) in [6.07, 6.45) is 4.09. The monoisotopic (exact) mass is 292 g/mol. The number of halogens is 1. The van der Waals surface area contributed by atoms with Crippen LogP contribution < -0.4 is 5.32 Å². The van der Waals surface area contributed by atoms with Crippen molar-refractivity contribution in [3.05, 3.63) is 0 Å². The normalized spacial score (nSPS) is 20.5. The van der Waals surface area contributed by atoms with Crippen molar-refractivity contribution in [3.8, 4) is 0 Å². The maximum absolute atomic E-state index is 12.1. The number of carbonyl (C=O) groups is 1. The zero-order valence-corrected chi connectivity index (χ0v) is 13.3. The molecule has 1 heterocycles. The number of hydrogen-bond donors (Lipinski definition) is 1. The average molecular weight is 293 g/mol. The fraction of sp³-hybridized carbons (Fsp3) is 0.929. The van der Waals surface area contributed by atoms with Gasteiger partial charge in [0, 0.05) is 33.7 Å². The van der Waals surface area contributed by atoms with Gasteiger partial charge in [0.1, 0.15) is 0 Å². The van der Waals surface area contributed by atoms with Crippen molar-refractivity contribution in [1.82, 2.24) is 10.2 Å². The minimum Gasteiger partial charge on any atom is -0.385 e. The number of nitrogens with one attached hydrogen (secondary N) is 1. The standard InChI is InChI=1S/C14H28N2O2.ClH/c1-12(13-6-4-7-15-11-13)10-14(17)16(2)8-5-9-18-3;/h12-13,15H,4-11H2,1-3H3;1H. The Morgan fingerprint density at radius 2 is 2.26 bits per heavy atom. The largest absolute Gasteiger partial charge is 0.385 e. The first-order valence-electron chi connectivity index (χ1n) is 7.08. The highest BCUT2D eigenvalue weighted by Crippen LogP contribution is 2.22. The van der Waals surface area contributed by atoms with Gasteiger partial charge in [-0.3, -0.25) is 4.79 Å². The van der Waals surface area contributed by atoms with E-state index in [9.17, 15) is 4.79 Å². The molecular weight excluding hydrogens is 264 g/mol. The minimum atomic E-state index is 0. The zero-order chi connectivity index (χ0) is 13.4. The van der Waals surface area contributed by atoms with Crippen LogP contribution in [-0.4, -0.2) is 51.2 Å². The van der Waals surface area contributed by atoms with Crippen LogP contribution in [0.2, 0.25) is 0 Å². The Morgan fingerprint density at radius 3 is 2.84 bits per heavy atom. The van der Waals surface area contributed by atoms with Crippen molar-refractivity contribution in [2.75, 3.05) is 40.4 Å². The number of carbonyl (C=O) groups excluding carboxylic acids is 1. The molecule has 5 heteroatoms. The van der Waals surface area contributed by atoms with E-state index in [1.807, 2.05) is 11.9 Å². The smallest absolute Gasteiger partial charge is 0.222 e. The van der Waals surface area contributed by atoms with E-state index < -0.39 is 0 Å². The van der Waals surface area contributed by atoms with E-state index in [0.29, 0.717) is 18.3 Å². The second-order valence-electron chi connectivity index (χ2n) is 5.45. The number of amides is 1. The molecule has 114 valence electrons. The lowest BCUT2D eigenvalue weighted by atomic mass is 9.85. The molecule has 0 saturated carbocycles. The highest BCUT2D eigenvalue weighted by molar-refractivity contribution is 5.85. The van der Waals surface area contributed by atoms with Crippen LogP contribution in [0.4, 0.5) is 0 Å². The van der Waals surface area contributed by atoms with E-state index in [2.05, 4.69) is 12.2 Å². The van der Waals surface area contributed by atoms with E-state index in [4.69, 9.17) is 4.74 Å². The maximum atomic E-state index is 12.1. The summed E-state index contributed by atoms with van der Waals surface area (Å²) in [5.41, 5.74) is 0. The van der Waals surface area contributed by atoms with Crippen LogP contribution in [0.15, 0.2) is 0 Å². The highest BCUT2D eigenvalue weighted by atomic mass is 35.5.